The van der Waals surface area contributed by atoms with Crippen LogP contribution in [0.1, 0.15) is 20.8 Å². The molecule has 0 aromatic heterocycles. The lowest BCUT2D eigenvalue weighted by molar-refractivity contribution is -0.149. The maximum atomic E-state index is 11.3. The van der Waals surface area contributed by atoms with Gasteiger partial charge in [-0.25, -0.2) is 5.01 Å². The van der Waals surface area contributed by atoms with Crippen molar-refractivity contribution in [3.8, 4) is 0 Å². The Morgan fingerprint density at radius 2 is 1.90 bits per heavy atom. The zero-order valence-electron chi connectivity index (χ0n) is 12.3. The summed E-state index contributed by atoms with van der Waals surface area (Å²) in [7, 11) is 0. The van der Waals surface area contributed by atoms with Crippen LogP contribution in [0.15, 0.2) is 35.4 Å². The lowest BCUT2D eigenvalue weighted by Crippen LogP contribution is -2.42. The molecule has 112 valence electrons. The number of hydrogen-bond acceptors (Lipinski definition) is 6. The number of para-hydroxylation sites is 1. The Morgan fingerprint density at radius 3 is 2.48 bits per heavy atom. The van der Waals surface area contributed by atoms with Gasteiger partial charge < -0.3 is 9.47 Å². The number of esters is 1. The molecule has 1 aromatic carbocycles. The monoisotopic (exact) mass is 290 g/mol. The zero-order chi connectivity index (χ0) is 15.4. The number of anilines is 1. The summed E-state index contributed by atoms with van der Waals surface area (Å²) < 4.78 is 10.9. The van der Waals surface area contributed by atoms with Crippen LogP contribution in [-0.2, 0) is 19.1 Å². The van der Waals surface area contributed by atoms with Crippen LogP contribution in [0.25, 0.3) is 0 Å². The van der Waals surface area contributed by atoms with Crippen LogP contribution in [0.5, 0.6) is 0 Å². The highest BCUT2D eigenvalue weighted by atomic mass is 16.6. The lowest BCUT2D eigenvalue weighted by Gasteiger charge is -2.27. The molecule has 0 N–H and O–H groups in total. The summed E-state index contributed by atoms with van der Waals surface area (Å²) in [5, 5.41) is 6.02. The maximum Gasteiger partial charge on any atom is 0.303 e. The highest BCUT2D eigenvalue weighted by molar-refractivity contribution is 5.92. The minimum absolute atomic E-state index is 0.0609. The Kier molecular flexibility index (Phi) is 4.70. The van der Waals surface area contributed by atoms with Crippen LogP contribution in [-0.4, -0.2) is 36.4 Å². The average molecular weight is 290 g/mol. The third kappa shape index (κ3) is 3.66. The van der Waals surface area contributed by atoms with Crippen LogP contribution < -0.4 is 5.01 Å². The van der Waals surface area contributed by atoms with E-state index in [1.807, 2.05) is 30.3 Å². The normalized spacial score (nSPS) is 21.1. The molecule has 2 unspecified atom stereocenters. The fraction of sp³-hybridized carbons (Fsp3) is 0.400. The van der Waals surface area contributed by atoms with Crippen LogP contribution in [0.4, 0.5) is 5.69 Å². The molecule has 0 amide bonds. The van der Waals surface area contributed by atoms with E-state index in [4.69, 9.17) is 9.47 Å². The quantitative estimate of drug-likeness (QED) is 0.773. The number of carbonyl (C=O) groups excluding carboxylic acids is 2. The first-order valence-electron chi connectivity index (χ1n) is 6.66. The predicted molar refractivity (Wildman–Crippen MR) is 78.0 cm³/mol. The van der Waals surface area contributed by atoms with E-state index < -0.39 is 18.3 Å². The summed E-state index contributed by atoms with van der Waals surface area (Å²) in [4.78, 5) is 22.4. The average Bonchev–Trinajstić information content (AvgIpc) is 2.74. The molecular formula is C15H18N2O4. The van der Waals surface area contributed by atoms with Gasteiger partial charge in [-0.1, -0.05) is 18.2 Å². The van der Waals surface area contributed by atoms with Crippen molar-refractivity contribution >= 4 is 23.2 Å². The van der Waals surface area contributed by atoms with Crippen molar-refractivity contribution in [1.82, 2.24) is 0 Å². The second-order valence-electron chi connectivity index (χ2n) is 4.86. The minimum Gasteiger partial charge on any atom is -0.451 e. The predicted octanol–water partition coefficient (Wildman–Crippen LogP) is 1.75. The summed E-state index contributed by atoms with van der Waals surface area (Å²) >= 11 is 0. The topological polar surface area (TPSA) is 68.2 Å². The number of carbonyl (C=O) groups is 2. The second kappa shape index (κ2) is 6.49. The fourth-order valence-corrected chi connectivity index (χ4v) is 2.09. The van der Waals surface area contributed by atoms with E-state index in [1.54, 1.807) is 11.9 Å². The smallest absolute Gasteiger partial charge is 0.303 e. The number of Topliss-reactive ketones (excluding diaryl/α,β-unsaturated/α-hetero) is 1. The summed E-state index contributed by atoms with van der Waals surface area (Å²) in [6, 6.07) is 9.39. The van der Waals surface area contributed by atoms with Crippen molar-refractivity contribution in [3.05, 3.63) is 30.3 Å². The molecule has 0 saturated heterocycles. The second-order valence-corrected chi connectivity index (χ2v) is 4.86. The first kappa shape index (κ1) is 15.2. The fourth-order valence-electron chi connectivity index (χ4n) is 2.09. The Morgan fingerprint density at radius 1 is 1.24 bits per heavy atom. The molecule has 1 heterocycles. The Balaban J connectivity index is 2.25. The minimum atomic E-state index is -0.639. The van der Waals surface area contributed by atoms with E-state index >= 15 is 0 Å². The SMILES string of the molecule is CC(=O)COC1C(OC(C)=O)C(C)=NN1c1ccccc1. The molecule has 0 saturated carbocycles. The number of nitrogens with zero attached hydrogens (tertiary/aromatic N) is 2. The van der Waals surface area contributed by atoms with Crippen LogP contribution in [0.2, 0.25) is 0 Å². The number of ketones is 1. The molecule has 1 aliphatic heterocycles. The van der Waals surface area contributed by atoms with Crippen molar-refractivity contribution in [1.29, 1.82) is 0 Å². The molecule has 6 heteroatoms. The molecule has 6 nitrogen and oxygen atoms in total. The summed E-state index contributed by atoms with van der Waals surface area (Å²) in [6.45, 7) is 4.48. The van der Waals surface area contributed by atoms with E-state index in [2.05, 4.69) is 5.10 Å². The van der Waals surface area contributed by atoms with Crippen molar-refractivity contribution < 1.29 is 19.1 Å². The maximum absolute atomic E-state index is 11.3. The third-order valence-electron chi connectivity index (χ3n) is 2.95. The molecule has 0 fully saturated rings. The number of rotatable bonds is 5. The van der Waals surface area contributed by atoms with Gasteiger partial charge in [0.25, 0.3) is 0 Å². The Bertz CT molecular complexity index is 556. The Hall–Kier alpha value is -2.21. The van der Waals surface area contributed by atoms with Gasteiger partial charge >= 0.3 is 5.97 Å². The number of ether oxygens (including phenoxy) is 2. The number of hydrazone groups is 1. The van der Waals surface area contributed by atoms with Crippen LogP contribution in [0.3, 0.4) is 0 Å². The summed E-state index contributed by atoms with van der Waals surface area (Å²) in [6.07, 6.45) is -1.26. The molecule has 0 aliphatic carbocycles. The largest absolute Gasteiger partial charge is 0.451 e. The van der Waals surface area contributed by atoms with Gasteiger partial charge in [-0.2, -0.15) is 5.10 Å². The molecule has 21 heavy (non-hydrogen) atoms. The van der Waals surface area contributed by atoms with Crippen LogP contribution >= 0.6 is 0 Å². The number of benzene rings is 1. The molecule has 2 atom stereocenters. The van der Waals surface area contributed by atoms with E-state index in [1.165, 1.54) is 13.8 Å². The molecule has 0 spiro atoms. The van der Waals surface area contributed by atoms with Crippen LogP contribution in [0, 0.1) is 0 Å². The lowest BCUT2D eigenvalue weighted by atomic mass is 10.2. The van der Waals surface area contributed by atoms with Crippen molar-refractivity contribution in [2.24, 2.45) is 5.10 Å². The van der Waals surface area contributed by atoms with Crippen molar-refractivity contribution in [2.75, 3.05) is 11.6 Å². The highest BCUT2D eigenvalue weighted by Crippen LogP contribution is 2.27. The molecule has 0 radical (unpaired) electrons. The van der Waals surface area contributed by atoms with E-state index in [0.29, 0.717) is 5.71 Å². The molecule has 1 aliphatic rings. The third-order valence-corrected chi connectivity index (χ3v) is 2.95. The highest BCUT2D eigenvalue weighted by Gasteiger charge is 2.39. The van der Waals surface area contributed by atoms with Gasteiger partial charge in [0, 0.05) is 6.92 Å². The standard InChI is InChI=1S/C15H18N2O4/c1-10(18)9-20-15-14(21-12(3)19)11(2)16-17(15)13-7-5-4-6-8-13/h4-8,14-15H,9H2,1-3H3. The van der Waals surface area contributed by atoms with Crippen molar-refractivity contribution in [2.45, 2.75) is 33.1 Å². The van der Waals surface area contributed by atoms with Gasteiger partial charge in [0.15, 0.2) is 18.1 Å². The van der Waals surface area contributed by atoms with Gasteiger partial charge in [-0.05, 0) is 26.0 Å². The molecule has 0 bridgehead atoms. The van der Waals surface area contributed by atoms with E-state index in [0.717, 1.165) is 5.69 Å². The zero-order valence-corrected chi connectivity index (χ0v) is 12.3. The van der Waals surface area contributed by atoms with E-state index in [-0.39, 0.29) is 12.4 Å². The van der Waals surface area contributed by atoms with Gasteiger partial charge in [0.05, 0.1) is 11.4 Å². The first-order chi connectivity index (χ1) is 9.99. The van der Waals surface area contributed by atoms with Gasteiger partial charge in [-0.3, -0.25) is 9.59 Å². The molecule has 1 aromatic rings. The van der Waals surface area contributed by atoms with E-state index in [9.17, 15) is 9.59 Å². The Labute approximate surface area is 123 Å². The summed E-state index contributed by atoms with van der Waals surface area (Å²) in [5.74, 6) is -0.518. The van der Waals surface area contributed by atoms with Crippen molar-refractivity contribution in [3.63, 3.8) is 0 Å². The van der Waals surface area contributed by atoms with Gasteiger partial charge in [-0.15, -0.1) is 0 Å². The van der Waals surface area contributed by atoms with Gasteiger partial charge in [0.1, 0.15) is 6.61 Å². The molecule has 2 rings (SSSR count). The summed E-state index contributed by atoms with van der Waals surface area (Å²) in [5.41, 5.74) is 1.43. The molecular weight excluding hydrogens is 272 g/mol. The first-order valence-corrected chi connectivity index (χ1v) is 6.66. The number of hydrogen-bond donors (Lipinski definition) is 0. The van der Waals surface area contributed by atoms with Gasteiger partial charge in [0.2, 0.25) is 0 Å².